The van der Waals surface area contributed by atoms with Crippen LogP contribution in [0.2, 0.25) is 13.1 Å². The SMILES string of the molecule is C[Si](C)(Oc1ccc(N2C(=O)c3ccc(C(=O)O)cc3C2=O)cc1)Oc1ccc(N2C(=O)c3ccc(C(=O)O)cc3C2=O)cc1. The van der Waals surface area contributed by atoms with Crippen molar-refractivity contribution in [3.8, 4) is 11.5 Å². The van der Waals surface area contributed by atoms with Crippen LogP contribution in [0, 0.1) is 0 Å². The molecule has 2 aliphatic rings. The number of aromatic carboxylic acids is 2. The average molecular weight is 623 g/mol. The second-order valence-electron chi connectivity index (χ2n) is 10.6. The fourth-order valence-corrected chi connectivity index (χ4v) is 6.58. The number of fused-ring (bicyclic) bond motifs is 2. The fourth-order valence-electron chi connectivity index (χ4n) is 5.13. The second-order valence-corrected chi connectivity index (χ2v) is 13.8. The quantitative estimate of drug-likeness (QED) is 0.205. The summed E-state index contributed by atoms with van der Waals surface area (Å²) >= 11 is 0. The Morgan fingerprint density at radius 3 is 1.20 bits per heavy atom. The minimum Gasteiger partial charge on any atom is -0.512 e. The Kier molecular flexibility index (Phi) is 6.81. The molecule has 2 N–H and O–H groups in total. The van der Waals surface area contributed by atoms with E-state index in [0.29, 0.717) is 11.5 Å². The Morgan fingerprint density at radius 1 is 0.533 bits per heavy atom. The zero-order chi connectivity index (χ0) is 32.2. The molecule has 0 spiro atoms. The van der Waals surface area contributed by atoms with Crippen molar-refractivity contribution >= 4 is 55.5 Å². The number of hydrogen-bond donors (Lipinski definition) is 2. The van der Waals surface area contributed by atoms with Gasteiger partial charge in [-0.2, -0.15) is 0 Å². The third-order valence-corrected chi connectivity index (χ3v) is 8.64. The molecule has 45 heavy (non-hydrogen) atoms. The van der Waals surface area contributed by atoms with E-state index in [1.165, 1.54) is 60.7 Å². The summed E-state index contributed by atoms with van der Waals surface area (Å²) < 4.78 is 12.2. The Bertz CT molecular complexity index is 1830. The number of carboxylic acid groups (broad SMARTS) is 2. The van der Waals surface area contributed by atoms with Crippen molar-refractivity contribution in [3.05, 3.63) is 118 Å². The summed E-state index contributed by atoms with van der Waals surface area (Å²) in [6, 6.07) is 20.1. The maximum absolute atomic E-state index is 12.9. The summed E-state index contributed by atoms with van der Waals surface area (Å²) in [6.07, 6.45) is 0. The first kappa shape index (κ1) is 29.0. The van der Waals surface area contributed by atoms with E-state index in [0.717, 1.165) is 9.80 Å². The van der Waals surface area contributed by atoms with Gasteiger partial charge in [-0.1, -0.05) is 0 Å². The highest BCUT2D eigenvalue weighted by molar-refractivity contribution is 6.66. The zero-order valence-electron chi connectivity index (χ0n) is 23.6. The second kappa shape index (κ2) is 10.6. The minimum atomic E-state index is -2.88. The number of anilines is 2. The largest absolute Gasteiger partial charge is 0.512 e. The molecule has 4 amide bonds. The number of benzene rings is 4. The molecule has 224 valence electrons. The van der Waals surface area contributed by atoms with Crippen molar-refractivity contribution < 1.29 is 47.8 Å². The molecule has 0 fully saturated rings. The molecule has 0 bridgehead atoms. The summed E-state index contributed by atoms with van der Waals surface area (Å²) in [7, 11) is -2.88. The first-order valence-electron chi connectivity index (χ1n) is 13.4. The summed E-state index contributed by atoms with van der Waals surface area (Å²) in [5.41, 5.74) is 0.653. The molecule has 0 unspecified atom stereocenters. The molecular formula is C32H22N2O10Si. The lowest BCUT2D eigenvalue weighted by atomic mass is 10.1. The Labute approximate surface area is 255 Å². The maximum atomic E-state index is 12.9. The third-order valence-electron chi connectivity index (χ3n) is 7.18. The molecule has 13 heteroatoms. The van der Waals surface area contributed by atoms with Crippen molar-refractivity contribution in [2.24, 2.45) is 0 Å². The van der Waals surface area contributed by atoms with Gasteiger partial charge in [0.15, 0.2) is 0 Å². The standard InChI is InChI=1S/C32H22N2O10Si/c1-45(2,43-21-9-5-19(6-10-21)33-27(35)23-13-3-17(31(39)40)15-25(23)29(33)37)44-22-11-7-20(8-12-22)34-28(36)24-14-4-18(32(41)42)16-26(24)30(34)38/h3-16H,1-2H3,(H,39,40)(H,41,42). The first-order chi connectivity index (χ1) is 21.3. The molecule has 12 nitrogen and oxygen atoms in total. The van der Waals surface area contributed by atoms with E-state index in [1.807, 2.05) is 0 Å². The van der Waals surface area contributed by atoms with E-state index < -0.39 is 44.1 Å². The molecule has 6 rings (SSSR count). The molecule has 2 aliphatic heterocycles. The maximum Gasteiger partial charge on any atom is 0.454 e. The van der Waals surface area contributed by atoms with Crippen LogP contribution in [0.5, 0.6) is 11.5 Å². The van der Waals surface area contributed by atoms with Gasteiger partial charge in [0.05, 0.1) is 44.8 Å². The van der Waals surface area contributed by atoms with Crippen LogP contribution in [0.15, 0.2) is 84.9 Å². The van der Waals surface area contributed by atoms with E-state index >= 15 is 0 Å². The zero-order valence-corrected chi connectivity index (χ0v) is 24.6. The third kappa shape index (κ3) is 5.10. The van der Waals surface area contributed by atoms with Crippen molar-refractivity contribution in [2.75, 3.05) is 9.80 Å². The van der Waals surface area contributed by atoms with Crippen LogP contribution in [0.1, 0.15) is 62.1 Å². The number of nitrogens with zero attached hydrogens (tertiary/aromatic N) is 2. The highest BCUT2D eigenvalue weighted by atomic mass is 28.4. The van der Waals surface area contributed by atoms with E-state index in [1.54, 1.807) is 37.4 Å². The fraction of sp³-hybridized carbons (Fsp3) is 0.0625. The van der Waals surface area contributed by atoms with Crippen LogP contribution >= 0.6 is 0 Å². The Hall–Kier alpha value is -6.08. The van der Waals surface area contributed by atoms with Gasteiger partial charge < -0.3 is 19.1 Å². The number of imide groups is 2. The molecule has 0 atom stereocenters. The summed E-state index contributed by atoms with van der Waals surface area (Å²) in [5.74, 6) is -3.95. The summed E-state index contributed by atoms with van der Waals surface area (Å²) in [6.45, 7) is 3.59. The van der Waals surface area contributed by atoms with Gasteiger partial charge in [0.25, 0.3) is 23.6 Å². The Balaban J connectivity index is 1.13. The van der Waals surface area contributed by atoms with E-state index in [9.17, 15) is 39.0 Å². The topological polar surface area (TPSA) is 168 Å². The van der Waals surface area contributed by atoms with Gasteiger partial charge in [-0.05, 0) is 84.9 Å². The van der Waals surface area contributed by atoms with Gasteiger partial charge in [-0.3, -0.25) is 19.2 Å². The molecule has 0 radical (unpaired) electrons. The van der Waals surface area contributed by atoms with Crippen LogP contribution in [0.3, 0.4) is 0 Å². The van der Waals surface area contributed by atoms with E-state index in [-0.39, 0.29) is 44.8 Å². The van der Waals surface area contributed by atoms with Crippen molar-refractivity contribution in [1.82, 2.24) is 0 Å². The number of carboxylic acids is 2. The normalized spacial score (nSPS) is 14.0. The molecule has 0 aliphatic carbocycles. The van der Waals surface area contributed by atoms with Crippen LogP contribution in [0.4, 0.5) is 11.4 Å². The van der Waals surface area contributed by atoms with Crippen molar-refractivity contribution in [3.63, 3.8) is 0 Å². The molecular weight excluding hydrogens is 600 g/mol. The predicted molar refractivity (Wildman–Crippen MR) is 161 cm³/mol. The monoisotopic (exact) mass is 622 g/mol. The first-order valence-corrected chi connectivity index (χ1v) is 16.3. The van der Waals surface area contributed by atoms with Gasteiger partial charge >= 0.3 is 20.5 Å². The van der Waals surface area contributed by atoms with Crippen molar-refractivity contribution in [1.29, 1.82) is 0 Å². The van der Waals surface area contributed by atoms with Gasteiger partial charge in [0, 0.05) is 13.1 Å². The van der Waals surface area contributed by atoms with Crippen LogP contribution in [-0.4, -0.2) is 54.3 Å². The Morgan fingerprint density at radius 2 is 0.867 bits per heavy atom. The van der Waals surface area contributed by atoms with Crippen LogP contribution in [-0.2, 0) is 0 Å². The summed E-state index contributed by atoms with van der Waals surface area (Å²) in [4.78, 5) is 76.2. The summed E-state index contributed by atoms with van der Waals surface area (Å²) in [5, 5.41) is 18.4. The van der Waals surface area contributed by atoms with Crippen molar-refractivity contribution in [2.45, 2.75) is 13.1 Å². The predicted octanol–water partition coefficient (Wildman–Crippen LogP) is 4.84. The lowest BCUT2D eigenvalue weighted by Gasteiger charge is -2.25. The smallest absolute Gasteiger partial charge is 0.454 e. The number of carbonyl (C=O) groups is 6. The molecule has 0 aromatic heterocycles. The van der Waals surface area contributed by atoms with Gasteiger partial charge in [0.2, 0.25) is 0 Å². The number of carbonyl (C=O) groups excluding carboxylic acids is 4. The lowest BCUT2D eigenvalue weighted by molar-refractivity contribution is 0.0686. The van der Waals surface area contributed by atoms with Crippen LogP contribution in [0.25, 0.3) is 0 Å². The molecule has 4 aromatic rings. The molecule has 0 saturated carbocycles. The number of hydrogen-bond acceptors (Lipinski definition) is 8. The highest BCUT2D eigenvalue weighted by Crippen LogP contribution is 2.33. The minimum absolute atomic E-state index is 0.0171. The van der Waals surface area contributed by atoms with Gasteiger partial charge in [-0.25, -0.2) is 19.4 Å². The average Bonchev–Trinajstić information content (AvgIpc) is 3.41. The lowest BCUT2D eigenvalue weighted by Crippen LogP contribution is -2.41. The van der Waals surface area contributed by atoms with Gasteiger partial charge in [-0.15, -0.1) is 0 Å². The van der Waals surface area contributed by atoms with E-state index in [2.05, 4.69) is 0 Å². The van der Waals surface area contributed by atoms with Crippen LogP contribution < -0.4 is 18.7 Å². The molecule has 2 heterocycles. The number of rotatable bonds is 8. The molecule has 4 aromatic carbocycles. The van der Waals surface area contributed by atoms with Gasteiger partial charge in [0.1, 0.15) is 11.5 Å². The van der Waals surface area contributed by atoms with E-state index in [4.69, 9.17) is 8.85 Å². The molecule has 0 saturated heterocycles. The number of amides is 4. The highest BCUT2D eigenvalue weighted by Gasteiger charge is 2.39.